The second-order valence-electron chi connectivity index (χ2n) is 3.85. The number of aromatic nitrogens is 2. The minimum absolute atomic E-state index is 0.217. The van der Waals surface area contributed by atoms with E-state index in [-0.39, 0.29) is 5.75 Å². The van der Waals surface area contributed by atoms with E-state index in [4.69, 9.17) is 0 Å². The molecule has 0 aromatic carbocycles. The van der Waals surface area contributed by atoms with E-state index in [0.717, 1.165) is 18.9 Å². The SMILES string of the molecule is CCCn1ccnc1NCCCS(C)(=O)=O. The lowest BCUT2D eigenvalue weighted by Crippen LogP contribution is -2.12. The zero-order chi connectivity index (χ0) is 12.0. The van der Waals surface area contributed by atoms with E-state index in [9.17, 15) is 8.42 Å². The molecule has 0 bridgehead atoms. The first kappa shape index (κ1) is 13.0. The van der Waals surface area contributed by atoms with Gasteiger partial charge in [0.25, 0.3) is 0 Å². The first-order valence-electron chi connectivity index (χ1n) is 5.45. The van der Waals surface area contributed by atoms with Crippen molar-refractivity contribution in [1.29, 1.82) is 0 Å². The molecular formula is C10H19N3O2S. The fourth-order valence-electron chi connectivity index (χ4n) is 1.43. The van der Waals surface area contributed by atoms with Gasteiger partial charge in [-0.2, -0.15) is 0 Å². The average Bonchev–Trinajstić information content (AvgIpc) is 2.60. The fraction of sp³-hybridized carbons (Fsp3) is 0.700. The van der Waals surface area contributed by atoms with Crippen molar-refractivity contribution in [3.05, 3.63) is 12.4 Å². The largest absolute Gasteiger partial charge is 0.356 e. The van der Waals surface area contributed by atoms with Crippen LogP contribution in [0.5, 0.6) is 0 Å². The Kier molecular flexibility index (Phi) is 4.79. The van der Waals surface area contributed by atoms with Crippen LogP contribution >= 0.6 is 0 Å². The maximum absolute atomic E-state index is 10.9. The number of hydrogen-bond acceptors (Lipinski definition) is 4. The lowest BCUT2D eigenvalue weighted by Gasteiger charge is -2.08. The third kappa shape index (κ3) is 4.65. The van der Waals surface area contributed by atoms with Gasteiger partial charge in [0.1, 0.15) is 9.84 Å². The molecule has 0 saturated heterocycles. The van der Waals surface area contributed by atoms with Gasteiger partial charge in [-0.15, -0.1) is 0 Å². The quantitative estimate of drug-likeness (QED) is 0.732. The fourth-order valence-corrected chi connectivity index (χ4v) is 2.10. The summed E-state index contributed by atoms with van der Waals surface area (Å²) in [6, 6.07) is 0. The van der Waals surface area contributed by atoms with Crippen LogP contribution in [0.3, 0.4) is 0 Å². The first-order valence-corrected chi connectivity index (χ1v) is 7.51. The van der Waals surface area contributed by atoms with Gasteiger partial charge in [-0.05, 0) is 12.8 Å². The van der Waals surface area contributed by atoms with Crippen molar-refractivity contribution in [3.63, 3.8) is 0 Å². The molecule has 0 aliphatic carbocycles. The molecule has 0 amide bonds. The molecule has 1 aromatic rings. The highest BCUT2D eigenvalue weighted by molar-refractivity contribution is 7.90. The van der Waals surface area contributed by atoms with Crippen LogP contribution in [0, 0.1) is 0 Å². The number of aryl methyl sites for hydroxylation is 1. The number of imidazole rings is 1. The summed E-state index contributed by atoms with van der Waals surface area (Å²) in [7, 11) is -2.85. The Bertz CT molecular complexity index is 411. The monoisotopic (exact) mass is 245 g/mol. The summed E-state index contributed by atoms with van der Waals surface area (Å²) >= 11 is 0. The van der Waals surface area contributed by atoms with Gasteiger partial charge >= 0.3 is 0 Å². The van der Waals surface area contributed by atoms with Crippen molar-refractivity contribution in [2.45, 2.75) is 26.3 Å². The lowest BCUT2D eigenvalue weighted by atomic mass is 10.4. The Morgan fingerprint density at radius 1 is 1.50 bits per heavy atom. The van der Waals surface area contributed by atoms with E-state index in [0.29, 0.717) is 13.0 Å². The van der Waals surface area contributed by atoms with Gasteiger partial charge in [0, 0.05) is 31.7 Å². The van der Waals surface area contributed by atoms with Crippen molar-refractivity contribution in [2.75, 3.05) is 23.9 Å². The summed E-state index contributed by atoms with van der Waals surface area (Å²) in [4.78, 5) is 4.17. The maximum Gasteiger partial charge on any atom is 0.202 e. The zero-order valence-electron chi connectivity index (χ0n) is 9.81. The molecule has 92 valence electrons. The van der Waals surface area contributed by atoms with Crippen molar-refractivity contribution in [2.24, 2.45) is 0 Å². The highest BCUT2D eigenvalue weighted by Gasteiger charge is 2.03. The zero-order valence-corrected chi connectivity index (χ0v) is 10.6. The highest BCUT2D eigenvalue weighted by atomic mass is 32.2. The molecule has 6 heteroatoms. The second-order valence-corrected chi connectivity index (χ2v) is 6.11. The normalized spacial score (nSPS) is 11.6. The van der Waals surface area contributed by atoms with E-state index in [1.165, 1.54) is 6.26 Å². The molecule has 5 nitrogen and oxygen atoms in total. The van der Waals surface area contributed by atoms with Crippen molar-refractivity contribution >= 4 is 15.8 Å². The number of rotatable bonds is 7. The third-order valence-electron chi connectivity index (χ3n) is 2.16. The van der Waals surface area contributed by atoms with Gasteiger partial charge in [0.2, 0.25) is 5.95 Å². The molecule has 0 aliphatic rings. The third-order valence-corrected chi connectivity index (χ3v) is 3.19. The first-order chi connectivity index (χ1) is 7.53. The van der Waals surface area contributed by atoms with Crippen LogP contribution in [-0.2, 0) is 16.4 Å². The molecule has 16 heavy (non-hydrogen) atoms. The van der Waals surface area contributed by atoms with Crippen LogP contribution in [0.2, 0.25) is 0 Å². The van der Waals surface area contributed by atoms with Gasteiger partial charge in [0.05, 0.1) is 5.75 Å². The second kappa shape index (κ2) is 5.89. The van der Waals surface area contributed by atoms with E-state index in [1.807, 2.05) is 10.8 Å². The summed E-state index contributed by atoms with van der Waals surface area (Å²) in [6.07, 6.45) is 6.58. The maximum atomic E-state index is 10.9. The standard InChI is InChI=1S/C10H19N3O2S/c1-3-7-13-8-6-12-10(13)11-5-4-9-16(2,14)15/h6,8H,3-5,7,9H2,1-2H3,(H,11,12). The number of nitrogens with one attached hydrogen (secondary N) is 1. The predicted octanol–water partition coefficient (Wildman–Crippen LogP) is 1.14. The molecule has 0 unspecified atom stereocenters. The molecule has 1 rings (SSSR count). The van der Waals surface area contributed by atoms with Crippen LogP contribution in [0.1, 0.15) is 19.8 Å². The molecule has 0 aliphatic heterocycles. The Morgan fingerprint density at radius 2 is 2.25 bits per heavy atom. The Labute approximate surface area is 96.8 Å². The van der Waals surface area contributed by atoms with Crippen molar-refractivity contribution in [3.8, 4) is 0 Å². The topological polar surface area (TPSA) is 64.0 Å². The summed E-state index contributed by atoms with van der Waals surface area (Å²) in [5, 5.41) is 3.14. The van der Waals surface area contributed by atoms with Crippen molar-refractivity contribution < 1.29 is 8.42 Å². The molecule has 0 spiro atoms. The Hall–Kier alpha value is -1.04. The van der Waals surface area contributed by atoms with E-state index in [1.54, 1.807) is 6.20 Å². The van der Waals surface area contributed by atoms with E-state index < -0.39 is 9.84 Å². The van der Waals surface area contributed by atoms with Crippen LogP contribution in [-0.4, -0.2) is 36.5 Å². The number of nitrogens with zero attached hydrogens (tertiary/aromatic N) is 2. The van der Waals surface area contributed by atoms with Crippen LogP contribution in [0.15, 0.2) is 12.4 Å². The highest BCUT2D eigenvalue weighted by Crippen LogP contribution is 2.05. The van der Waals surface area contributed by atoms with Crippen LogP contribution in [0.4, 0.5) is 5.95 Å². The summed E-state index contributed by atoms with van der Waals surface area (Å²) in [5.41, 5.74) is 0. The van der Waals surface area contributed by atoms with Gasteiger partial charge in [0.15, 0.2) is 0 Å². The average molecular weight is 245 g/mol. The molecule has 0 fully saturated rings. The molecule has 1 heterocycles. The Balaban J connectivity index is 2.34. The van der Waals surface area contributed by atoms with E-state index >= 15 is 0 Å². The minimum Gasteiger partial charge on any atom is -0.356 e. The number of sulfone groups is 1. The van der Waals surface area contributed by atoms with Crippen LogP contribution < -0.4 is 5.32 Å². The van der Waals surface area contributed by atoms with Gasteiger partial charge in [-0.1, -0.05) is 6.92 Å². The molecule has 1 N–H and O–H groups in total. The minimum atomic E-state index is -2.85. The summed E-state index contributed by atoms with van der Waals surface area (Å²) < 4.78 is 23.9. The molecule has 1 aromatic heterocycles. The van der Waals surface area contributed by atoms with E-state index in [2.05, 4.69) is 17.2 Å². The lowest BCUT2D eigenvalue weighted by molar-refractivity contribution is 0.599. The van der Waals surface area contributed by atoms with Gasteiger partial charge in [-0.3, -0.25) is 0 Å². The number of anilines is 1. The van der Waals surface area contributed by atoms with Gasteiger partial charge < -0.3 is 9.88 Å². The van der Waals surface area contributed by atoms with Crippen LogP contribution in [0.25, 0.3) is 0 Å². The Morgan fingerprint density at radius 3 is 2.88 bits per heavy atom. The smallest absolute Gasteiger partial charge is 0.202 e. The molecule has 0 saturated carbocycles. The molecular weight excluding hydrogens is 226 g/mol. The summed E-state index contributed by atoms with van der Waals surface area (Å²) in [6.45, 7) is 3.66. The van der Waals surface area contributed by atoms with Gasteiger partial charge in [-0.25, -0.2) is 13.4 Å². The predicted molar refractivity (Wildman–Crippen MR) is 65.3 cm³/mol. The van der Waals surface area contributed by atoms with Crippen molar-refractivity contribution in [1.82, 2.24) is 9.55 Å². The molecule has 0 atom stereocenters. The number of hydrogen-bond donors (Lipinski definition) is 1. The molecule has 0 radical (unpaired) electrons. The summed E-state index contributed by atoms with van der Waals surface area (Å²) in [5.74, 6) is 1.03.